The van der Waals surface area contributed by atoms with E-state index in [0.717, 1.165) is 12.8 Å². The number of carbonyl (C=O) groups is 1. The average Bonchev–Trinajstić information content (AvgIpc) is 2.37. The minimum atomic E-state index is -1.17. The first kappa shape index (κ1) is 13.7. The number of hydrogen-bond donors (Lipinski definition) is 1. The summed E-state index contributed by atoms with van der Waals surface area (Å²) in [6.45, 7) is 6.16. The van der Waals surface area contributed by atoms with E-state index in [2.05, 4.69) is 13.8 Å². The van der Waals surface area contributed by atoms with Crippen molar-refractivity contribution in [1.82, 2.24) is 0 Å². The SMILES string of the molecule is CCOC(=O)C(O)c1ccc(CC)c(CC)c1. The average molecular weight is 236 g/mol. The highest BCUT2D eigenvalue weighted by Gasteiger charge is 2.19. The van der Waals surface area contributed by atoms with Gasteiger partial charge in [0.1, 0.15) is 0 Å². The maximum Gasteiger partial charge on any atom is 0.339 e. The maximum atomic E-state index is 11.4. The van der Waals surface area contributed by atoms with Crippen LogP contribution in [0.15, 0.2) is 18.2 Å². The monoisotopic (exact) mass is 236 g/mol. The molecule has 0 aliphatic heterocycles. The number of benzene rings is 1. The quantitative estimate of drug-likeness (QED) is 0.798. The maximum absolute atomic E-state index is 11.4. The fraction of sp³-hybridized carbons (Fsp3) is 0.500. The fourth-order valence-corrected chi connectivity index (χ4v) is 1.85. The highest BCUT2D eigenvalue weighted by atomic mass is 16.5. The van der Waals surface area contributed by atoms with Crippen LogP contribution in [0.1, 0.15) is 43.6 Å². The van der Waals surface area contributed by atoms with Crippen molar-refractivity contribution in [3.8, 4) is 0 Å². The summed E-state index contributed by atoms with van der Waals surface area (Å²) in [4.78, 5) is 11.4. The molecule has 3 heteroatoms. The van der Waals surface area contributed by atoms with Crippen molar-refractivity contribution in [2.75, 3.05) is 6.61 Å². The normalized spacial score (nSPS) is 12.2. The minimum absolute atomic E-state index is 0.281. The molecular weight excluding hydrogens is 216 g/mol. The van der Waals surface area contributed by atoms with E-state index >= 15 is 0 Å². The molecule has 0 fully saturated rings. The van der Waals surface area contributed by atoms with Gasteiger partial charge in [0.05, 0.1) is 6.61 Å². The summed E-state index contributed by atoms with van der Waals surface area (Å²) in [5, 5.41) is 9.83. The predicted molar refractivity (Wildman–Crippen MR) is 66.8 cm³/mol. The first-order chi connectivity index (χ1) is 8.13. The van der Waals surface area contributed by atoms with Crippen molar-refractivity contribution in [1.29, 1.82) is 0 Å². The van der Waals surface area contributed by atoms with E-state index in [1.165, 1.54) is 11.1 Å². The standard InChI is InChI=1S/C14H20O3/c1-4-10-7-8-12(9-11(10)5-2)13(15)14(16)17-6-3/h7-9,13,15H,4-6H2,1-3H3. The minimum Gasteiger partial charge on any atom is -0.464 e. The van der Waals surface area contributed by atoms with Crippen molar-refractivity contribution >= 4 is 5.97 Å². The molecule has 0 saturated carbocycles. The van der Waals surface area contributed by atoms with Crippen LogP contribution in [-0.2, 0) is 22.4 Å². The third-order valence-corrected chi connectivity index (χ3v) is 2.82. The zero-order valence-electron chi connectivity index (χ0n) is 10.7. The van der Waals surface area contributed by atoms with Gasteiger partial charge in [-0.1, -0.05) is 32.0 Å². The molecule has 0 radical (unpaired) electrons. The van der Waals surface area contributed by atoms with Crippen molar-refractivity contribution in [3.05, 3.63) is 34.9 Å². The van der Waals surface area contributed by atoms with Crippen LogP contribution in [0, 0.1) is 0 Å². The zero-order valence-corrected chi connectivity index (χ0v) is 10.7. The van der Waals surface area contributed by atoms with Crippen LogP contribution in [0.5, 0.6) is 0 Å². The van der Waals surface area contributed by atoms with Crippen LogP contribution in [-0.4, -0.2) is 17.7 Å². The van der Waals surface area contributed by atoms with E-state index in [-0.39, 0.29) is 6.61 Å². The van der Waals surface area contributed by atoms with Crippen molar-refractivity contribution < 1.29 is 14.6 Å². The Hall–Kier alpha value is -1.35. The Morgan fingerprint density at radius 1 is 1.24 bits per heavy atom. The van der Waals surface area contributed by atoms with Crippen LogP contribution >= 0.6 is 0 Å². The van der Waals surface area contributed by atoms with Crippen LogP contribution in [0.2, 0.25) is 0 Å². The molecule has 1 N–H and O–H groups in total. The Morgan fingerprint density at radius 3 is 2.41 bits per heavy atom. The zero-order chi connectivity index (χ0) is 12.8. The van der Waals surface area contributed by atoms with Gasteiger partial charge in [-0.05, 0) is 36.5 Å². The first-order valence-electron chi connectivity index (χ1n) is 6.10. The predicted octanol–water partition coefficient (Wildman–Crippen LogP) is 2.41. The number of carbonyl (C=O) groups excluding carboxylic acids is 1. The summed E-state index contributed by atoms with van der Waals surface area (Å²) in [5.74, 6) is -0.584. The molecule has 0 aliphatic carbocycles. The number of rotatable bonds is 5. The topological polar surface area (TPSA) is 46.5 Å². The molecule has 1 aromatic rings. The molecule has 0 aromatic heterocycles. The second-order valence-corrected chi connectivity index (χ2v) is 3.89. The van der Waals surface area contributed by atoms with Crippen LogP contribution in [0.25, 0.3) is 0 Å². The van der Waals surface area contributed by atoms with E-state index < -0.39 is 12.1 Å². The van der Waals surface area contributed by atoms with Gasteiger partial charge in [-0.25, -0.2) is 4.79 Å². The van der Waals surface area contributed by atoms with Crippen molar-refractivity contribution in [2.45, 2.75) is 39.7 Å². The second kappa shape index (κ2) is 6.40. The molecule has 0 heterocycles. The van der Waals surface area contributed by atoms with Gasteiger partial charge in [0.25, 0.3) is 0 Å². The van der Waals surface area contributed by atoms with Gasteiger partial charge < -0.3 is 9.84 Å². The smallest absolute Gasteiger partial charge is 0.339 e. The Bertz CT molecular complexity index is 385. The Morgan fingerprint density at radius 2 is 1.88 bits per heavy atom. The van der Waals surface area contributed by atoms with Crippen LogP contribution < -0.4 is 0 Å². The number of ether oxygens (including phenoxy) is 1. The molecule has 0 spiro atoms. The van der Waals surface area contributed by atoms with Crippen molar-refractivity contribution in [3.63, 3.8) is 0 Å². The molecular formula is C14H20O3. The molecule has 1 unspecified atom stereocenters. The number of aryl methyl sites for hydroxylation is 2. The lowest BCUT2D eigenvalue weighted by Gasteiger charge is -2.13. The van der Waals surface area contributed by atoms with Gasteiger partial charge in [0.15, 0.2) is 6.10 Å². The summed E-state index contributed by atoms with van der Waals surface area (Å²) in [5.41, 5.74) is 3.04. The summed E-state index contributed by atoms with van der Waals surface area (Å²) in [7, 11) is 0. The van der Waals surface area contributed by atoms with E-state index in [9.17, 15) is 9.90 Å². The Kier molecular flexibility index (Phi) is 5.16. The number of aliphatic hydroxyl groups excluding tert-OH is 1. The molecule has 0 bridgehead atoms. The molecule has 17 heavy (non-hydrogen) atoms. The molecule has 1 atom stereocenters. The first-order valence-corrected chi connectivity index (χ1v) is 6.10. The molecule has 0 aliphatic rings. The van der Waals surface area contributed by atoms with Gasteiger partial charge in [0, 0.05) is 0 Å². The molecule has 94 valence electrons. The van der Waals surface area contributed by atoms with Gasteiger partial charge in [0.2, 0.25) is 0 Å². The molecule has 0 amide bonds. The van der Waals surface area contributed by atoms with Gasteiger partial charge in [-0.2, -0.15) is 0 Å². The summed E-state index contributed by atoms with van der Waals surface area (Å²) >= 11 is 0. The number of aliphatic hydroxyl groups is 1. The lowest BCUT2D eigenvalue weighted by molar-refractivity contribution is -0.153. The largest absolute Gasteiger partial charge is 0.464 e. The fourth-order valence-electron chi connectivity index (χ4n) is 1.85. The third kappa shape index (κ3) is 3.30. The lowest BCUT2D eigenvalue weighted by Crippen LogP contribution is -2.15. The van der Waals surface area contributed by atoms with E-state index in [0.29, 0.717) is 5.56 Å². The van der Waals surface area contributed by atoms with Crippen LogP contribution in [0.4, 0.5) is 0 Å². The van der Waals surface area contributed by atoms with Crippen LogP contribution in [0.3, 0.4) is 0 Å². The van der Waals surface area contributed by atoms with E-state index in [1.54, 1.807) is 13.0 Å². The van der Waals surface area contributed by atoms with Gasteiger partial charge >= 0.3 is 5.97 Å². The summed E-state index contributed by atoms with van der Waals surface area (Å²) in [6.07, 6.45) is 0.678. The summed E-state index contributed by atoms with van der Waals surface area (Å²) in [6, 6.07) is 5.65. The van der Waals surface area contributed by atoms with E-state index in [1.807, 2.05) is 12.1 Å². The van der Waals surface area contributed by atoms with Gasteiger partial charge in [-0.15, -0.1) is 0 Å². The molecule has 0 saturated heterocycles. The molecule has 3 nitrogen and oxygen atoms in total. The second-order valence-electron chi connectivity index (χ2n) is 3.89. The molecule has 1 aromatic carbocycles. The highest BCUT2D eigenvalue weighted by Crippen LogP contribution is 2.20. The lowest BCUT2D eigenvalue weighted by atomic mass is 9.98. The van der Waals surface area contributed by atoms with Crippen molar-refractivity contribution in [2.24, 2.45) is 0 Å². The number of hydrogen-bond acceptors (Lipinski definition) is 3. The number of esters is 1. The molecule has 1 rings (SSSR count). The van der Waals surface area contributed by atoms with Gasteiger partial charge in [-0.3, -0.25) is 0 Å². The Balaban J connectivity index is 2.95. The highest BCUT2D eigenvalue weighted by molar-refractivity contribution is 5.76. The summed E-state index contributed by atoms with van der Waals surface area (Å²) < 4.78 is 4.80. The Labute approximate surface area is 102 Å². The third-order valence-electron chi connectivity index (χ3n) is 2.82. The van der Waals surface area contributed by atoms with E-state index in [4.69, 9.17) is 4.74 Å².